The molecule has 1 saturated heterocycles. The van der Waals surface area contributed by atoms with E-state index in [-0.39, 0.29) is 17.5 Å². The standard InChI is InChI=1S/C27H26F3N9O2/c1-15(27(28,29)30)36-26(41)22-13-35-38-7-4-16(9-23(22)38)21-12-33-24-20(21)8-17(10-32-24)25(40)37-18-11-34-39(14-18)19-2-5-31-6-3-19/h4,7-15,19,31H,2-3,5-6H2,1H3,(H,32,33)(H,36,41)(H,37,40)/t15-/m1/s1. The predicted octanol–water partition coefficient (Wildman–Crippen LogP) is 3.93. The summed E-state index contributed by atoms with van der Waals surface area (Å²) in [5.41, 5.74) is 3.15. The van der Waals surface area contributed by atoms with E-state index in [1.807, 2.05) is 16.2 Å². The Morgan fingerprint density at radius 2 is 1.90 bits per heavy atom. The van der Waals surface area contributed by atoms with Crippen molar-refractivity contribution in [3.63, 3.8) is 0 Å². The maximum absolute atomic E-state index is 13.1. The van der Waals surface area contributed by atoms with Gasteiger partial charge in [0.2, 0.25) is 0 Å². The third-order valence-electron chi connectivity index (χ3n) is 7.25. The number of fused-ring (bicyclic) bond motifs is 2. The van der Waals surface area contributed by atoms with E-state index in [1.54, 1.807) is 36.8 Å². The first-order valence-corrected chi connectivity index (χ1v) is 13.1. The van der Waals surface area contributed by atoms with Gasteiger partial charge in [-0.1, -0.05) is 0 Å². The fraction of sp³-hybridized carbons (Fsp3) is 0.296. The van der Waals surface area contributed by atoms with E-state index >= 15 is 0 Å². The summed E-state index contributed by atoms with van der Waals surface area (Å²) in [6.07, 6.45) is 6.84. The Morgan fingerprint density at radius 3 is 2.68 bits per heavy atom. The van der Waals surface area contributed by atoms with Crippen LogP contribution in [0.1, 0.15) is 46.5 Å². The second-order valence-electron chi connectivity index (χ2n) is 10.0. The molecule has 1 aliphatic heterocycles. The van der Waals surface area contributed by atoms with Gasteiger partial charge in [0.25, 0.3) is 11.8 Å². The monoisotopic (exact) mass is 565 g/mol. The summed E-state index contributed by atoms with van der Waals surface area (Å²) in [4.78, 5) is 33.2. The molecule has 1 aliphatic rings. The van der Waals surface area contributed by atoms with E-state index < -0.39 is 18.1 Å². The fourth-order valence-electron chi connectivity index (χ4n) is 4.92. The number of carbonyl (C=O) groups excluding carboxylic acids is 2. The summed E-state index contributed by atoms with van der Waals surface area (Å²) in [6, 6.07) is 3.39. The van der Waals surface area contributed by atoms with Crippen molar-refractivity contribution in [2.75, 3.05) is 18.4 Å². The molecule has 6 heterocycles. The van der Waals surface area contributed by atoms with Crippen LogP contribution in [-0.4, -0.2) is 66.5 Å². The highest BCUT2D eigenvalue weighted by atomic mass is 19.4. The van der Waals surface area contributed by atoms with Gasteiger partial charge in [-0.25, -0.2) is 9.50 Å². The minimum atomic E-state index is -4.57. The molecule has 0 saturated carbocycles. The number of carbonyl (C=O) groups is 2. The van der Waals surface area contributed by atoms with Crippen LogP contribution in [0.5, 0.6) is 0 Å². The molecule has 4 N–H and O–H groups in total. The van der Waals surface area contributed by atoms with Crippen LogP contribution in [0, 0.1) is 0 Å². The van der Waals surface area contributed by atoms with Gasteiger partial charge in [-0.3, -0.25) is 14.3 Å². The third kappa shape index (κ3) is 5.25. The Balaban J connectivity index is 1.26. The van der Waals surface area contributed by atoms with Gasteiger partial charge in [0.15, 0.2) is 0 Å². The zero-order chi connectivity index (χ0) is 28.7. The smallest absolute Gasteiger partial charge is 0.346 e. The average Bonchev–Trinajstić information content (AvgIpc) is 3.70. The summed E-state index contributed by atoms with van der Waals surface area (Å²) in [6.45, 7) is 2.73. The average molecular weight is 566 g/mol. The third-order valence-corrected chi connectivity index (χ3v) is 7.25. The van der Waals surface area contributed by atoms with Gasteiger partial charge in [-0.15, -0.1) is 0 Å². The van der Waals surface area contributed by atoms with Crippen LogP contribution in [0.2, 0.25) is 0 Å². The molecule has 0 aliphatic carbocycles. The highest BCUT2D eigenvalue weighted by molar-refractivity contribution is 6.07. The molecule has 5 aromatic rings. The summed E-state index contributed by atoms with van der Waals surface area (Å²) in [7, 11) is 0. The van der Waals surface area contributed by atoms with Crippen molar-refractivity contribution >= 4 is 34.1 Å². The van der Waals surface area contributed by atoms with E-state index in [2.05, 4.69) is 30.8 Å². The second kappa shape index (κ2) is 10.4. The van der Waals surface area contributed by atoms with Gasteiger partial charge in [-0.2, -0.15) is 23.4 Å². The molecule has 0 radical (unpaired) electrons. The van der Waals surface area contributed by atoms with Crippen molar-refractivity contribution in [3.8, 4) is 11.1 Å². The zero-order valence-electron chi connectivity index (χ0n) is 21.9. The number of H-pyrrole nitrogens is 1. The number of alkyl halides is 3. The van der Waals surface area contributed by atoms with Crippen LogP contribution < -0.4 is 16.0 Å². The van der Waals surface area contributed by atoms with E-state index in [0.29, 0.717) is 38.9 Å². The molecule has 1 fully saturated rings. The molecule has 212 valence electrons. The Labute approximate surface area is 231 Å². The van der Waals surface area contributed by atoms with Crippen LogP contribution in [0.25, 0.3) is 27.7 Å². The molecular weight excluding hydrogens is 539 g/mol. The Hall–Kier alpha value is -4.72. The van der Waals surface area contributed by atoms with Gasteiger partial charge in [0.1, 0.15) is 11.7 Å². The molecule has 6 rings (SSSR count). The van der Waals surface area contributed by atoms with Crippen LogP contribution >= 0.6 is 0 Å². The quantitative estimate of drug-likeness (QED) is 0.247. The lowest BCUT2D eigenvalue weighted by Crippen LogP contribution is -2.43. The first-order valence-electron chi connectivity index (χ1n) is 13.1. The van der Waals surface area contributed by atoms with E-state index in [4.69, 9.17) is 0 Å². The number of halogens is 3. The van der Waals surface area contributed by atoms with Crippen molar-refractivity contribution < 1.29 is 22.8 Å². The largest absolute Gasteiger partial charge is 0.408 e. The topological polar surface area (TPSA) is 134 Å². The molecule has 0 aromatic carbocycles. The van der Waals surface area contributed by atoms with Crippen LogP contribution in [-0.2, 0) is 0 Å². The number of amides is 2. The highest BCUT2D eigenvalue weighted by Gasteiger charge is 2.37. The van der Waals surface area contributed by atoms with E-state index in [1.165, 1.54) is 16.9 Å². The Kier molecular flexibility index (Phi) is 6.69. The molecule has 1 atom stereocenters. The summed E-state index contributed by atoms with van der Waals surface area (Å²) >= 11 is 0. The maximum Gasteiger partial charge on any atom is 0.408 e. The molecule has 0 unspecified atom stereocenters. The molecule has 14 heteroatoms. The number of rotatable bonds is 6. The van der Waals surface area contributed by atoms with Gasteiger partial charge >= 0.3 is 6.18 Å². The number of nitrogens with zero attached hydrogens (tertiary/aromatic N) is 5. The van der Waals surface area contributed by atoms with Crippen molar-refractivity contribution in [2.24, 2.45) is 0 Å². The normalized spacial score (nSPS) is 15.3. The van der Waals surface area contributed by atoms with Crippen LogP contribution in [0.15, 0.2) is 55.4 Å². The number of pyridine rings is 2. The van der Waals surface area contributed by atoms with Gasteiger partial charge in [0.05, 0.1) is 40.8 Å². The zero-order valence-corrected chi connectivity index (χ0v) is 21.9. The molecule has 11 nitrogen and oxygen atoms in total. The minimum Gasteiger partial charge on any atom is -0.346 e. The lowest BCUT2D eigenvalue weighted by atomic mass is 10.0. The number of hydrogen-bond donors (Lipinski definition) is 4. The summed E-state index contributed by atoms with van der Waals surface area (Å²) in [5, 5.41) is 17.3. The number of anilines is 1. The first kappa shape index (κ1) is 26.5. The molecule has 41 heavy (non-hydrogen) atoms. The number of piperidine rings is 1. The first-order chi connectivity index (χ1) is 19.7. The number of hydrogen-bond acceptors (Lipinski definition) is 6. The highest BCUT2D eigenvalue weighted by Crippen LogP contribution is 2.30. The SMILES string of the molecule is C[C@@H](NC(=O)c1cnn2ccc(-c3c[nH]c4ncc(C(=O)Nc5cnn(C6CCNCC6)c5)cc34)cc12)C(F)(F)F. The van der Waals surface area contributed by atoms with E-state index in [0.717, 1.165) is 32.9 Å². The minimum absolute atomic E-state index is 0.00557. The molecular formula is C27H26F3N9O2. The number of aromatic nitrogens is 6. The lowest BCUT2D eigenvalue weighted by molar-refractivity contribution is -0.149. The molecule has 0 spiro atoms. The van der Waals surface area contributed by atoms with Crippen molar-refractivity contribution in [1.82, 2.24) is 40.0 Å². The fourth-order valence-corrected chi connectivity index (χ4v) is 4.92. The maximum atomic E-state index is 13.1. The van der Waals surface area contributed by atoms with Crippen molar-refractivity contribution in [1.29, 1.82) is 0 Å². The van der Waals surface area contributed by atoms with Gasteiger partial charge < -0.3 is 20.9 Å². The number of nitrogens with one attached hydrogen (secondary N) is 4. The second-order valence-corrected chi connectivity index (χ2v) is 10.0. The molecule has 2 amide bonds. The van der Waals surface area contributed by atoms with Gasteiger partial charge in [-0.05, 0) is 56.6 Å². The Bertz CT molecular complexity index is 1750. The lowest BCUT2D eigenvalue weighted by Gasteiger charge is -2.22. The van der Waals surface area contributed by atoms with Crippen LogP contribution in [0.4, 0.5) is 18.9 Å². The van der Waals surface area contributed by atoms with Gasteiger partial charge in [0, 0.05) is 35.7 Å². The Morgan fingerprint density at radius 1 is 1.10 bits per heavy atom. The van der Waals surface area contributed by atoms with Crippen molar-refractivity contribution in [3.05, 3.63) is 66.5 Å². The summed E-state index contributed by atoms with van der Waals surface area (Å²) in [5.74, 6) is -1.23. The van der Waals surface area contributed by atoms with Crippen LogP contribution in [0.3, 0.4) is 0 Å². The predicted molar refractivity (Wildman–Crippen MR) is 145 cm³/mol. The summed E-state index contributed by atoms with van der Waals surface area (Å²) < 4.78 is 42.2. The number of aromatic amines is 1. The van der Waals surface area contributed by atoms with Crippen molar-refractivity contribution in [2.45, 2.75) is 38.0 Å². The van der Waals surface area contributed by atoms with E-state index in [9.17, 15) is 22.8 Å². The molecule has 0 bridgehead atoms. The molecule has 5 aromatic heterocycles.